The van der Waals surface area contributed by atoms with Gasteiger partial charge in [0.2, 0.25) is 0 Å². The molecular weight excluding hydrogens is 206 g/mol. The Kier molecular flexibility index (Phi) is 5.20. The van der Waals surface area contributed by atoms with Gasteiger partial charge in [-0.15, -0.1) is 0 Å². The van der Waals surface area contributed by atoms with E-state index in [1.54, 1.807) is 0 Å². The van der Waals surface area contributed by atoms with E-state index < -0.39 is 0 Å². The molecule has 1 N–H and O–H groups in total. The minimum absolute atomic E-state index is 0.395. The van der Waals surface area contributed by atoms with Gasteiger partial charge in [0.05, 0.1) is 0 Å². The average molecular weight is 233 g/mol. The Balaban J connectivity index is 2.55. The molecule has 1 heteroatoms. The van der Waals surface area contributed by atoms with Crippen LogP contribution in [0.1, 0.15) is 39.7 Å². The molecule has 1 aromatic carbocycles. The van der Waals surface area contributed by atoms with Crippen LogP contribution in [0.4, 0.5) is 0 Å². The van der Waals surface area contributed by atoms with Gasteiger partial charge in [-0.3, -0.25) is 0 Å². The van der Waals surface area contributed by atoms with Crippen molar-refractivity contribution in [2.45, 2.75) is 46.6 Å². The zero-order valence-electron chi connectivity index (χ0n) is 12.0. The predicted octanol–water partition coefficient (Wildman–Crippen LogP) is 3.89. The van der Waals surface area contributed by atoms with Crippen molar-refractivity contribution in [1.29, 1.82) is 0 Å². The van der Waals surface area contributed by atoms with Gasteiger partial charge in [-0.2, -0.15) is 0 Å². The third kappa shape index (κ3) is 4.91. The third-order valence-corrected chi connectivity index (χ3v) is 3.85. The minimum Gasteiger partial charge on any atom is -0.317 e. The lowest BCUT2D eigenvalue weighted by atomic mass is 9.78. The smallest absolute Gasteiger partial charge is 0.0107 e. The molecule has 0 spiro atoms. The zero-order chi connectivity index (χ0) is 12.9. The fourth-order valence-corrected chi connectivity index (χ4v) is 1.98. The van der Waals surface area contributed by atoms with Crippen LogP contribution in [-0.4, -0.2) is 13.1 Å². The normalized spacial score (nSPS) is 15.6. The highest BCUT2D eigenvalue weighted by Gasteiger charge is 2.22. The molecule has 0 aromatic heterocycles. The van der Waals surface area contributed by atoms with E-state index in [0.717, 1.165) is 12.3 Å². The van der Waals surface area contributed by atoms with E-state index in [4.69, 9.17) is 0 Å². The van der Waals surface area contributed by atoms with Gasteiger partial charge >= 0.3 is 0 Å². The molecule has 17 heavy (non-hydrogen) atoms. The second kappa shape index (κ2) is 6.20. The van der Waals surface area contributed by atoms with Crippen molar-refractivity contribution in [3.63, 3.8) is 0 Å². The maximum atomic E-state index is 3.45. The first-order valence-corrected chi connectivity index (χ1v) is 6.64. The van der Waals surface area contributed by atoms with E-state index in [1.165, 1.54) is 12.0 Å². The van der Waals surface area contributed by atoms with Crippen LogP contribution in [0.5, 0.6) is 0 Å². The monoisotopic (exact) mass is 233 g/mol. The number of likely N-dealkylation sites (N-methyl/N-ethyl adjacent to an activating group) is 1. The average Bonchev–Trinajstić information content (AvgIpc) is 2.28. The Morgan fingerprint density at radius 2 is 1.71 bits per heavy atom. The Labute approximate surface area is 107 Å². The summed E-state index contributed by atoms with van der Waals surface area (Å²) in [6, 6.07) is 11.3. The van der Waals surface area contributed by atoms with Crippen LogP contribution in [0, 0.1) is 11.3 Å². The first kappa shape index (κ1) is 14.2. The molecule has 1 rings (SSSR count). The quantitative estimate of drug-likeness (QED) is 0.813. The Morgan fingerprint density at radius 1 is 1.12 bits per heavy atom. The Bertz CT molecular complexity index is 310. The molecule has 0 fully saturated rings. The number of nitrogens with one attached hydrogen (secondary N) is 1. The van der Waals surface area contributed by atoms with Crippen molar-refractivity contribution in [1.82, 2.24) is 5.32 Å². The molecule has 1 nitrogen and oxygen atoms in total. The lowest BCUT2D eigenvalue weighted by Gasteiger charge is -2.30. The highest BCUT2D eigenvalue weighted by Crippen LogP contribution is 2.29. The summed E-state index contributed by atoms with van der Waals surface area (Å²) in [5, 5.41) is 3.45. The molecule has 0 heterocycles. The van der Waals surface area contributed by atoms with Crippen LogP contribution in [0.25, 0.3) is 0 Å². The maximum absolute atomic E-state index is 3.45. The summed E-state index contributed by atoms with van der Waals surface area (Å²) in [5.41, 5.74) is 1.82. The zero-order valence-corrected chi connectivity index (χ0v) is 12.0. The van der Waals surface area contributed by atoms with Gasteiger partial charge in [-0.1, -0.05) is 58.0 Å². The largest absolute Gasteiger partial charge is 0.317 e. The number of benzene rings is 1. The van der Waals surface area contributed by atoms with E-state index >= 15 is 0 Å². The topological polar surface area (TPSA) is 12.0 Å². The molecule has 0 radical (unpaired) electrons. The van der Waals surface area contributed by atoms with Crippen LogP contribution in [0.2, 0.25) is 0 Å². The molecule has 0 aliphatic rings. The summed E-state index contributed by atoms with van der Waals surface area (Å²) in [6.45, 7) is 9.34. The van der Waals surface area contributed by atoms with Crippen molar-refractivity contribution in [2.75, 3.05) is 7.05 Å². The highest BCUT2D eigenvalue weighted by molar-refractivity contribution is 5.15. The van der Waals surface area contributed by atoms with Gasteiger partial charge in [0.25, 0.3) is 0 Å². The molecule has 0 saturated carbocycles. The van der Waals surface area contributed by atoms with Gasteiger partial charge in [-0.05, 0) is 36.8 Å². The van der Waals surface area contributed by atoms with Crippen LogP contribution in [-0.2, 0) is 6.42 Å². The lowest BCUT2D eigenvalue weighted by molar-refractivity contribution is 0.225. The molecule has 0 aliphatic heterocycles. The predicted molar refractivity (Wildman–Crippen MR) is 76.2 cm³/mol. The summed E-state index contributed by atoms with van der Waals surface area (Å²) in [7, 11) is 2.07. The number of hydrogen-bond acceptors (Lipinski definition) is 1. The van der Waals surface area contributed by atoms with Gasteiger partial charge < -0.3 is 5.32 Å². The summed E-state index contributed by atoms with van der Waals surface area (Å²) in [5.74, 6) is 0.726. The molecule has 2 atom stereocenters. The van der Waals surface area contributed by atoms with Crippen molar-refractivity contribution < 1.29 is 0 Å². The van der Waals surface area contributed by atoms with Crippen LogP contribution < -0.4 is 5.32 Å². The van der Waals surface area contributed by atoms with E-state index in [9.17, 15) is 0 Å². The third-order valence-electron chi connectivity index (χ3n) is 3.85. The van der Waals surface area contributed by atoms with E-state index in [1.807, 2.05) is 0 Å². The summed E-state index contributed by atoms with van der Waals surface area (Å²) >= 11 is 0. The summed E-state index contributed by atoms with van der Waals surface area (Å²) in [6.07, 6.45) is 2.35. The maximum Gasteiger partial charge on any atom is 0.0107 e. The van der Waals surface area contributed by atoms with Gasteiger partial charge in [-0.25, -0.2) is 0 Å². The van der Waals surface area contributed by atoms with Gasteiger partial charge in [0.1, 0.15) is 0 Å². The van der Waals surface area contributed by atoms with Crippen molar-refractivity contribution in [3.05, 3.63) is 35.9 Å². The van der Waals surface area contributed by atoms with Gasteiger partial charge in [0.15, 0.2) is 0 Å². The second-order valence-corrected chi connectivity index (χ2v) is 6.18. The Hall–Kier alpha value is -0.820. The van der Waals surface area contributed by atoms with Crippen molar-refractivity contribution in [2.24, 2.45) is 11.3 Å². The standard InChI is InChI=1S/C16H27N/c1-13(16(2,3)4)11-15(17-5)12-14-9-7-6-8-10-14/h6-10,13,15,17H,11-12H2,1-5H3. The molecule has 0 aliphatic carbocycles. The Morgan fingerprint density at radius 3 is 2.18 bits per heavy atom. The molecule has 0 bridgehead atoms. The van der Waals surface area contributed by atoms with E-state index in [-0.39, 0.29) is 0 Å². The first-order chi connectivity index (χ1) is 7.93. The molecular formula is C16H27N. The molecule has 0 amide bonds. The molecule has 96 valence electrons. The van der Waals surface area contributed by atoms with Crippen LogP contribution in [0.15, 0.2) is 30.3 Å². The highest BCUT2D eigenvalue weighted by atomic mass is 14.9. The fraction of sp³-hybridized carbons (Fsp3) is 0.625. The first-order valence-electron chi connectivity index (χ1n) is 6.64. The molecule has 1 aromatic rings. The second-order valence-electron chi connectivity index (χ2n) is 6.18. The van der Waals surface area contributed by atoms with E-state index in [0.29, 0.717) is 11.5 Å². The van der Waals surface area contributed by atoms with Crippen LogP contribution in [0.3, 0.4) is 0 Å². The molecule has 2 unspecified atom stereocenters. The lowest BCUT2D eigenvalue weighted by Crippen LogP contribution is -2.33. The van der Waals surface area contributed by atoms with Crippen molar-refractivity contribution >= 4 is 0 Å². The molecule has 0 saturated heterocycles. The summed E-state index contributed by atoms with van der Waals surface area (Å²) < 4.78 is 0. The summed E-state index contributed by atoms with van der Waals surface area (Å²) in [4.78, 5) is 0. The SMILES string of the molecule is CNC(Cc1ccccc1)CC(C)C(C)(C)C. The minimum atomic E-state index is 0.395. The number of rotatable bonds is 5. The van der Waals surface area contributed by atoms with Gasteiger partial charge in [0, 0.05) is 6.04 Å². The van der Waals surface area contributed by atoms with Crippen LogP contribution >= 0.6 is 0 Å². The van der Waals surface area contributed by atoms with E-state index in [2.05, 4.69) is 70.4 Å². The number of hydrogen-bond donors (Lipinski definition) is 1. The fourth-order valence-electron chi connectivity index (χ4n) is 1.98. The van der Waals surface area contributed by atoms with Crippen molar-refractivity contribution in [3.8, 4) is 0 Å².